The summed E-state index contributed by atoms with van der Waals surface area (Å²) < 4.78 is 5.59. The van der Waals surface area contributed by atoms with E-state index in [1.54, 1.807) is 29.2 Å². The molecule has 3 rings (SSSR count). The molecule has 1 heterocycles. The number of aryl methyl sites for hydroxylation is 1. The summed E-state index contributed by atoms with van der Waals surface area (Å²) in [5.41, 5.74) is 3.00. The number of nitriles is 1. The van der Waals surface area contributed by atoms with Crippen molar-refractivity contribution in [2.45, 2.75) is 6.92 Å². The highest BCUT2D eigenvalue weighted by Gasteiger charge is 2.24. The number of amides is 1. The second kappa shape index (κ2) is 5.29. The smallest absolute Gasteiger partial charge is 0.258 e. The topological polar surface area (TPSA) is 53.3 Å². The molecule has 0 radical (unpaired) electrons. The van der Waals surface area contributed by atoms with Gasteiger partial charge in [0.1, 0.15) is 12.4 Å². The van der Waals surface area contributed by atoms with Crippen LogP contribution in [-0.4, -0.2) is 19.1 Å². The van der Waals surface area contributed by atoms with E-state index in [0.717, 1.165) is 17.0 Å². The fourth-order valence-electron chi connectivity index (χ4n) is 2.38. The first-order valence-electron chi connectivity index (χ1n) is 6.74. The van der Waals surface area contributed by atoms with Gasteiger partial charge in [0, 0.05) is 5.56 Å². The van der Waals surface area contributed by atoms with Gasteiger partial charge in [0.2, 0.25) is 0 Å². The van der Waals surface area contributed by atoms with Crippen molar-refractivity contribution in [1.29, 1.82) is 5.26 Å². The Labute approximate surface area is 123 Å². The van der Waals surface area contributed by atoms with Crippen LogP contribution in [0.15, 0.2) is 42.5 Å². The molecule has 1 aliphatic heterocycles. The molecule has 0 saturated carbocycles. The third-order valence-corrected chi connectivity index (χ3v) is 3.48. The van der Waals surface area contributed by atoms with Crippen molar-refractivity contribution in [2.24, 2.45) is 0 Å². The van der Waals surface area contributed by atoms with Crippen molar-refractivity contribution in [3.05, 3.63) is 59.2 Å². The molecule has 0 spiro atoms. The zero-order valence-corrected chi connectivity index (χ0v) is 11.7. The summed E-state index contributed by atoms with van der Waals surface area (Å²) in [4.78, 5) is 14.4. The molecular formula is C17H14N2O2. The van der Waals surface area contributed by atoms with Gasteiger partial charge in [0.15, 0.2) is 0 Å². The summed E-state index contributed by atoms with van der Waals surface area (Å²) in [5.74, 6) is 0.656. The maximum Gasteiger partial charge on any atom is 0.258 e. The van der Waals surface area contributed by atoms with Crippen molar-refractivity contribution in [3.63, 3.8) is 0 Å². The molecule has 0 atom stereocenters. The lowest BCUT2D eigenvalue weighted by Gasteiger charge is -2.30. The van der Waals surface area contributed by atoms with E-state index < -0.39 is 0 Å². The predicted octanol–water partition coefficient (Wildman–Crippen LogP) is 2.91. The van der Waals surface area contributed by atoms with Crippen LogP contribution in [0, 0.1) is 18.3 Å². The van der Waals surface area contributed by atoms with E-state index in [0.29, 0.717) is 24.3 Å². The van der Waals surface area contributed by atoms with Crippen LogP contribution >= 0.6 is 0 Å². The number of fused-ring (bicyclic) bond motifs is 1. The molecule has 0 saturated heterocycles. The lowest BCUT2D eigenvalue weighted by atomic mass is 10.1. The lowest BCUT2D eigenvalue weighted by Crippen LogP contribution is -2.38. The second-order valence-electron chi connectivity index (χ2n) is 4.97. The number of ether oxygens (including phenoxy) is 1. The molecule has 0 bridgehead atoms. The SMILES string of the molecule is Cc1ccc2c(c1)N(C(=O)c1ccc(C#N)cc1)CCO2. The van der Waals surface area contributed by atoms with Gasteiger partial charge in [-0.25, -0.2) is 0 Å². The molecule has 0 unspecified atom stereocenters. The Morgan fingerprint density at radius 1 is 1.24 bits per heavy atom. The number of rotatable bonds is 1. The van der Waals surface area contributed by atoms with Gasteiger partial charge in [0.05, 0.1) is 23.9 Å². The number of hydrogen-bond donors (Lipinski definition) is 0. The summed E-state index contributed by atoms with van der Waals surface area (Å²) in [7, 11) is 0. The third-order valence-electron chi connectivity index (χ3n) is 3.48. The van der Waals surface area contributed by atoms with E-state index in [4.69, 9.17) is 10.00 Å². The van der Waals surface area contributed by atoms with Crippen molar-refractivity contribution < 1.29 is 9.53 Å². The highest BCUT2D eigenvalue weighted by Crippen LogP contribution is 2.33. The molecule has 1 amide bonds. The van der Waals surface area contributed by atoms with Gasteiger partial charge in [-0.2, -0.15) is 5.26 Å². The van der Waals surface area contributed by atoms with Gasteiger partial charge >= 0.3 is 0 Å². The summed E-state index contributed by atoms with van der Waals surface area (Å²) >= 11 is 0. The molecule has 4 heteroatoms. The van der Waals surface area contributed by atoms with Crippen LogP contribution in [0.4, 0.5) is 5.69 Å². The van der Waals surface area contributed by atoms with Crippen LogP contribution in [0.25, 0.3) is 0 Å². The average molecular weight is 278 g/mol. The summed E-state index contributed by atoms with van der Waals surface area (Å²) in [5, 5.41) is 8.81. The van der Waals surface area contributed by atoms with Crippen LogP contribution in [0.2, 0.25) is 0 Å². The van der Waals surface area contributed by atoms with Gasteiger partial charge in [-0.3, -0.25) is 4.79 Å². The average Bonchev–Trinajstić information content (AvgIpc) is 2.53. The fourth-order valence-corrected chi connectivity index (χ4v) is 2.38. The molecular weight excluding hydrogens is 264 g/mol. The third kappa shape index (κ3) is 2.46. The Kier molecular flexibility index (Phi) is 3.33. The van der Waals surface area contributed by atoms with Crippen LogP contribution < -0.4 is 9.64 Å². The molecule has 0 aliphatic carbocycles. The Bertz CT molecular complexity index is 729. The summed E-state index contributed by atoms with van der Waals surface area (Å²) in [6, 6.07) is 14.6. The predicted molar refractivity (Wildman–Crippen MR) is 79.5 cm³/mol. The number of carbonyl (C=O) groups excluding carboxylic acids is 1. The molecule has 0 aromatic heterocycles. The molecule has 4 nitrogen and oxygen atoms in total. The van der Waals surface area contributed by atoms with E-state index in [9.17, 15) is 4.79 Å². The van der Waals surface area contributed by atoms with Crippen LogP contribution in [-0.2, 0) is 0 Å². The number of anilines is 1. The van der Waals surface area contributed by atoms with Crippen molar-refractivity contribution >= 4 is 11.6 Å². The van der Waals surface area contributed by atoms with Crippen molar-refractivity contribution in [2.75, 3.05) is 18.1 Å². The monoisotopic (exact) mass is 278 g/mol. The van der Waals surface area contributed by atoms with Crippen molar-refractivity contribution in [1.82, 2.24) is 0 Å². The van der Waals surface area contributed by atoms with E-state index in [-0.39, 0.29) is 5.91 Å². The standard InChI is InChI=1S/C17H14N2O2/c1-12-2-7-16-15(10-12)19(8-9-21-16)17(20)14-5-3-13(11-18)4-6-14/h2-7,10H,8-9H2,1H3. The molecule has 104 valence electrons. The quantitative estimate of drug-likeness (QED) is 0.806. The van der Waals surface area contributed by atoms with Gasteiger partial charge in [-0.15, -0.1) is 0 Å². The minimum Gasteiger partial charge on any atom is -0.490 e. The van der Waals surface area contributed by atoms with E-state index >= 15 is 0 Å². The first kappa shape index (κ1) is 13.2. The van der Waals surface area contributed by atoms with Gasteiger partial charge in [-0.1, -0.05) is 6.07 Å². The molecule has 21 heavy (non-hydrogen) atoms. The highest BCUT2D eigenvalue weighted by molar-refractivity contribution is 6.07. The number of nitrogens with zero attached hydrogens (tertiary/aromatic N) is 2. The normalized spacial score (nSPS) is 13.0. The first-order valence-corrected chi connectivity index (χ1v) is 6.74. The van der Waals surface area contributed by atoms with E-state index in [1.807, 2.05) is 25.1 Å². The summed E-state index contributed by atoms with van der Waals surface area (Å²) in [6.45, 7) is 2.99. The van der Waals surface area contributed by atoms with Gasteiger partial charge < -0.3 is 9.64 Å². The largest absolute Gasteiger partial charge is 0.490 e. The lowest BCUT2D eigenvalue weighted by molar-refractivity contribution is 0.0976. The minimum atomic E-state index is -0.0744. The van der Waals surface area contributed by atoms with Crippen LogP contribution in [0.3, 0.4) is 0 Å². The maximum absolute atomic E-state index is 12.7. The molecule has 2 aromatic carbocycles. The first-order chi connectivity index (χ1) is 10.2. The van der Waals surface area contributed by atoms with Gasteiger partial charge in [-0.05, 0) is 48.9 Å². The van der Waals surface area contributed by atoms with E-state index in [1.165, 1.54) is 0 Å². The Hall–Kier alpha value is -2.80. The summed E-state index contributed by atoms with van der Waals surface area (Å²) in [6.07, 6.45) is 0. The number of hydrogen-bond acceptors (Lipinski definition) is 3. The maximum atomic E-state index is 12.7. The zero-order valence-electron chi connectivity index (χ0n) is 11.7. The zero-order chi connectivity index (χ0) is 14.8. The minimum absolute atomic E-state index is 0.0744. The van der Waals surface area contributed by atoms with Crippen LogP contribution in [0.1, 0.15) is 21.5 Å². The molecule has 0 N–H and O–H groups in total. The molecule has 1 aliphatic rings. The van der Waals surface area contributed by atoms with Crippen molar-refractivity contribution in [3.8, 4) is 11.8 Å². The number of carbonyl (C=O) groups is 1. The molecule has 2 aromatic rings. The fraction of sp³-hybridized carbons (Fsp3) is 0.176. The Morgan fingerprint density at radius 3 is 2.71 bits per heavy atom. The molecule has 0 fully saturated rings. The number of benzene rings is 2. The van der Waals surface area contributed by atoms with Crippen LogP contribution in [0.5, 0.6) is 5.75 Å². The second-order valence-corrected chi connectivity index (χ2v) is 4.97. The Balaban J connectivity index is 1.96. The Morgan fingerprint density at radius 2 is 2.00 bits per heavy atom. The van der Waals surface area contributed by atoms with Gasteiger partial charge in [0.25, 0.3) is 5.91 Å². The van der Waals surface area contributed by atoms with E-state index in [2.05, 4.69) is 6.07 Å². The highest BCUT2D eigenvalue weighted by atomic mass is 16.5.